The van der Waals surface area contributed by atoms with Gasteiger partial charge in [-0.3, -0.25) is 10.1 Å². The van der Waals surface area contributed by atoms with Gasteiger partial charge >= 0.3 is 0 Å². The summed E-state index contributed by atoms with van der Waals surface area (Å²) >= 11 is 1.15. The Balaban J connectivity index is 3.31. The van der Waals surface area contributed by atoms with E-state index in [0.717, 1.165) is 11.8 Å². The Morgan fingerprint density at radius 3 is 2.69 bits per heavy atom. The topological polar surface area (TPSA) is 69.2 Å². The van der Waals surface area contributed by atoms with E-state index >= 15 is 0 Å². The quantitative estimate of drug-likeness (QED) is 0.345. The predicted octanol–water partition coefficient (Wildman–Crippen LogP) is 2.04. The van der Waals surface area contributed by atoms with Crippen LogP contribution in [-0.4, -0.2) is 11.2 Å². The maximum Gasteiger partial charge on any atom is 0.295 e. The van der Waals surface area contributed by atoms with Crippen LogP contribution in [0.1, 0.15) is 0 Å². The lowest BCUT2D eigenvalue weighted by molar-refractivity contribution is -0.384. The summed E-state index contributed by atoms with van der Waals surface area (Å²) in [6.07, 6.45) is 1.67. The standard InChI is InChI=1S/C7H7FN2O2S/c1-13-5-3-2-4(10(11)12)7(9)6(5)8/h2-3H,9H2,1H3. The number of halogens is 1. The maximum absolute atomic E-state index is 13.2. The predicted molar refractivity (Wildman–Crippen MR) is 49.2 cm³/mol. The Morgan fingerprint density at radius 2 is 2.23 bits per heavy atom. The molecule has 13 heavy (non-hydrogen) atoms. The zero-order valence-corrected chi connectivity index (χ0v) is 7.60. The monoisotopic (exact) mass is 202 g/mol. The van der Waals surface area contributed by atoms with Crippen LogP contribution in [0, 0.1) is 15.9 Å². The van der Waals surface area contributed by atoms with Gasteiger partial charge in [-0.2, -0.15) is 0 Å². The van der Waals surface area contributed by atoms with E-state index in [2.05, 4.69) is 0 Å². The minimum absolute atomic E-state index is 0.308. The molecule has 0 aliphatic heterocycles. The first-order valence-electron chi connectivity index (χ1n) is 3.34. The molecule has 0 spiro atoms. The van der Waals surface area contributed by atoms with Crippen molar-refractivity contribution >= 4 is 23.1 Å². The minimum Gasteiger partial charge on any atom is -0.391 e. The van der Waals surface area contributed by atoms with Crippen molar-refractivity contribution in [2.24, 2.45) is 0 Å². The summed E-state index contributed by atoms with van der Waals surface area (Å²) < 4.78 is 13.2. The molecule has 1 rings (SSSR count). The maximum atomic E-state index is 13.2. The molecule has 0 unspecified atom stereocenters. The summed E-state index contributed by atoms with van der Waals surface area (Å²) in [4.78, 5) is 9.93. The fourth-order valence-electron chi connectivity index (χ4n) is 0.880. The number of rotatable bonds is 2. The highest BCUT2D eigenvalue weighted by Crippen LogP contribution is 2.30. The van der Waals surface area contributed by atoms with E-state index in [4.69, 9.17) is 5.73 Å². The third kappa shape index (κ3) is 1.72. The molecular weight excluding hydrogens is 195 g/mol. The molecule has 70 valence electrons. The molecule has 6 heteroatoms. The third-order valence-electron chi connectivity index (χ3n) is 1.54. The number of anilines is 1. The van der Waals surface area contributed by atoms with Crippen molar-refractivity contribution in [1.82, 2.24) is 0 Å². The van der Waals surface area contributed by atoms with Crippen molar-refractivity contribution in [1.29, 1.82) is 0 Å². The molecule has 0 bridgehead atoms. The molecule has 1 aromatic rings. The summed E-state index contributed by atoms with van der Waals surface area (Å²) in [5.41, 5.74) is 4.43. The van der Waals surface area contributed by atoms with Crippen molar-refractivity contribution < 1.29 is 9.31 Å². The van der Waals surface area contributed by atoms with Crippen LogP contribution in [0.5, 0.6) is 0 Å². The fourth-order valence-corrected chi connectivity index (χ4v) is 1.37. The van der Waals surface area contributed by atoms with Gasteiger partial charge in [-0.15, -0.1) is 11.8 Å². The normalized spacial score (nSPS) is 10.0. The number of nitrogens with two attached hydrogens (primary N) is 1. The number of nitrogen functional groups attached to an aromatic ring is 1. The summed E-state index contributed by atoms with van der Waals surface area (Å²) in [7, 11) is 0. The van der Waals surface area contributed by atoms with Gasteiger partial charge in [0.05, 0.1) is 4.92 Å². The van der Waals surface area contributed by atoms with E-state index in [1.807, 2.05) is 0 Å². The number of benzene rings is 1. The largest absolute Gasteiger partial charge is 0.391 e. The van der Waals surface area contributed by atoms with Crippen molar-refractivity contribution in [2.45, 2.75) is 4.90 Å². The van der Waals surface area contributed by atoms with Crippen LogP contribution in [0.3, 0.4) is 0 Å². The second kappa shape index (κ2) is 3.61. The molecule has 0 saturated heterocycles. The number of thioether (sulfide) groups is 1. The first kappa shape index (κ1) is 9.79. The molecule has 2 N–H and O–H groups in total. The van der Waals surface area contributed by atoms with Gasteiger partial charge in [-0.05, 0) is 12.3 Å². The van der Waals surface area contributed by atoms with Gasteiger partial charge < -0.3 is 5.73 Å². The highest BCUT2D eigenvalue weighted by Gasteiger charge is 2.17. The number of nitro groups is 1. The summed E-state index contributed by atoms with van der Waals surface area (Å²) in [6.45, 7) is 0. The zero-order chi connectivity index (χ0) is 10.0. The molecule has 0 radical (unpaired) electrons. The molecular formula is C7H7FN2O2S. The van der Waals surface area contributed by atoms with Crippen LogP contribution in [0.2, 0.25) is 0 Å². The highest BCUT2D eigenvalue weighted by molar-refractivity contribution is 7.98. The fraction of sp³-hybridized carbons (Fsp3) is 0.143. The second-order valence-corrected chi connectivity index (χ2v) is 3.12. The lowest BCUT2D eigenvalue weighted by Gasteiger charge is -2.02. The number of nitrogens with zero attached hydrogens (tertiary/aromatic N) is 1. The van der Waals surface area contributed by atoms with Gasteiger partial charge in [0.1, 0.15) is 5.69 Å². The van der Waals surface area contributed by atoms with Crippen LogP contribution in [-0.2, 0) is 0 Å². The molecule has 0 aliphatic carbocycles. The van der Waals surface area contributed by atoms with Crippen LogP contribution in [0.4, 0.5) is 15.8 Å². The lowest BCUT2D eigenvalue weighted by atomic mass is 10.2. The molecule has 0 aliphatic rings. The Bertz CT molecular complexity index is 357. The van der Waals surface area contributed by atoms with Crippen LogP contribution >= 0.6 is 11.8 Å². The number of nitro benzene ring substituents is 1. The van der Waals surface area contributed by atoms with E-state index in [9.17, 15) is 14.5 Å². The summed E-state index contributed by atoms with van der Waals surface area (Å²) in [5.74, 6) is -0.721. The first-order chi connectivity index (χ1) is 6.07. The average molecular weight is 202 g/mol. The van der Waals surface area contributed by atoms with Crippen molar-refractivity contribution in [3.8, 4) is 0 Å². The molecule has 0 fully saturated rings. The Labute approximate surface area is 78.1 Å². The van der Waals surface area contributed by atoms with Gasteiger partial charge in [-0.25, -0.2) is 4.39 Å². The van der Waals surface area contributed by atoms with E-state index in [1.165, 1.54) is 12.1 Å². The first-order valence-corrected chi connectivity index (χ1v) is 4.56. The molecule has 0 amide bonds. The Morgan fingerprint density at radius 1 is 1.62 bits per heavy atom. The molecule has 1 aromatic carbocycles. The zero-order valence-electron chi connectivity index (χ0n) is 6.78. The Kier molecular flexibility index (Phi) is 2.72. The van der Waals surface area contributed by atoms with Crippen molar-refractivity contribution in [3.05, 3.63) is 28.1 Å². The molecule has 4 nitrogen and oxygen atoms in total. The average Bonchev–Trinajstić information content (AvgIpc) is 2.09. The summed E-state index contributed by atoms with van der Waals surface area (Å²) in [6, 6.07) is 2.54. The van der Waals surface area contributed by atoms with Crippen molar-refractivity contribution in [2.75, 3.05) is 12.0 Å². The number of hydrogen-bond donors (Lipinski definition) is 1. The SMILES string of the molecule is CSc1ccc([N+](=O)[O-])c(N)c1F. The molecule has 0 aromatic heterocycles. The van der Waals surface area contributed by atoms with Gasteiger partial charge in [0.15, 0.2) is 5.82 Å². The van der Waals surface area contributed by atoms with Crippen LogP contribution < -0.4 is 5.73 Å². The van der Waals surface area contributed by atoms with Gasteiger partial charge in [0.25, 0.3) is 5.69 Å². The molecule has 0 saturated carbocycles. The molecule has 0 heterocycles. The summed E-state index contributed by atoms with van der Waals surface area (Å²) in [5, 5.41) is 10.3. The van der Waals surface area contributed by atoms with E-state index in [1.54, 1.807) is 6.26 Å². The lowest BCUT2D eigenvalue weighted by Crippen LogP contribution is -1.99. The van der Waals surface area contributed by atoms with Gasteiger partial charge in [-0.1, -0.05) is 0 Å². The van der Waals surface area contributed by atoms with Crippen LogP contribution in [0.15, 0.2) is 17.0 Å². The van der Waals surface area contributed by atoms with Crippen molar-refractivity contribution in [3.63, 3.8) is 0 Å². The van der Waals surface area contributed by atoms with Crippen LogP contribution in [0.25, 0.3) is 0 Å². The van der Waals surface area contributed by atoms with E-state index < -0.39 is 22.1 Å². The molecule has 0 atom stereocenters. The smallest absolute Gasteiger partial charge is 0.295 e. The van der Waals surface area contributed by atoms with Gasteiger partial charge in [0.2, 0.25) is 0 Å². The third-order valence-corrected chi connectivity index (χ3v) is 2.29. The minimum atomic E-state index is -0.721. The number of hydrogen-bond acceptors (Lipinski definition) is 4. The second-order valence-electron chi connectivity index (χ2n) is 2.27. The van der Waals surface area contributed by atoms with Gasteiger partial charge in [0, 0.05) is 11.0 Å². The van der Waals surface area contributed by atoms with E-state index in [0.29, 0.717) is 4.90 Å². The highest BCUT2D eigenvalue weighted by atomic mass is 32.2. The van der Waals surface area contributed by atoms with E-state index in [-0.39, 0.29) is 0 Å². The Hall–Kier alpha value is -1.30.